The maximum atomic E-state index is 13.1. The van der Waals surface area contributed by atoms with Gasteiger partial charge in [0.15, 0.2) is 0 Å². The second kappa shape index (κ2) is 14.7. The van der Waals surface area contributed by atoms with Crippen LogP contribution in [0.15, 0.2) is 24.3 Å². The van der Waals surface area contributed by atoms with E-state index >= 15 is 0 Å². The summed E-state index contributed by atoms with van der Waals surface area (Å²) in [6, 6.07) is 1.15. The normalized spacial score (nSPS) is 15.3. The van der Waals surface area contributed by atoms with Gasteiger partial charge in [0.2, 0.25) is 17.7 Å². The molecular formula is C21H32N4O7S2. The van der Waals surface area contributed by atoms with Crippen LogP contribution in [0.25, 0.3) is 0 Å². The molecule has 1 aromatic rings. The van der Waals surface area contributed by atoms with Crippen LogP contribution in [0.1, 0.15) is 18.9 Å². The van der Waals surface area contributed by atoms with E-state index in [9.17, 15) is 29.4 Å². The van der Waals surface area contributed by atoms with E-state index in [1.54, 1.807) is 12.1 Å². The molecule has 0 aromatic heterocycles. The van der Waals surface area contributed by atoms with Crippen molar-refractivity contribution in [2.24, 2.45) is 5.73 Å². The lowest BCUT2D eigenvalue weighted by atomic mass is 10.0. The molecule has 0 aliphatic rings. The van der Waals surface area contributed by atoms with Gasteiger partial charge in [-0.05, 0) is 43.0 Å². The SMILES string of the molecule is CSCCC(N)C(=O)NC(Cc1ccc(O)cc1)C(=O)NC(C(=O)NC(CS)C(=O)O)C(C)O. The summed E-state index contributed by atoms with van der Waals surface area (Å²) in [5.41, 5.74) is 6.51. The van der Waals surface area contributed by atoms with Gasteiger partial charge in [0, 0.05) is 12.2 Å². The average Bonchev–Trinajstić information content (AvgIpc) is 2.79. The lowest BCUT2D eigenvalue weighted by molar-refractivity contribution is -0.142. The number of aliphatic hydroxyl groups excluding tert-OH is 1. The molecule has 1 rings (SSSR count). The highest BCUT2D eigenvalue weighted by Crippen LogP contribution is 2.12. The maximum Gasteiger partial charge on any atom is 0.327 e. The molecule has 0 aliphatic carbocycles. The number of amides is 3. The number of hydrogen-bond donors (Lipinski definition) is 8. The van der Waals surface area contributed by atoms with E-state index in [4.69, 9.17) is 10.8 Å². The van der Waals surface area contributed by atoms with Crippen molar-refractivity contribution in [2.45, 2.75) is 50.0 Å². The summed E-state index contributed by atoms with van der Waals surface area (Å²) in [6.07, 6.45) is 0.900. The molecule has 1 aromatic carbocycles. The Balaban J connectivity index is 3.06. The molecule has 190 valence electrons. The van der Waals surface area contributed by atoms with Crippen molar-refractivity contribution in [1.82, 2.24) is 16.0 Å². The zero-order valence-corrected chi connectivity index (χ0v) is 20.6. The summed E-state index contributed by atoms with van der Waals surface area (Å²) in [5, 5.41) is 35.8. The maximum absolute atomic E-state index is 13.1. The summed E-state index contributed by atoms with van der Waals surface area (Å²) >= 11 is 5.39. The van der Waals surface area contributed by atoms with E-state index in [2.05, 4.69) is 28.6 Å². The molecule has 0 spiro atoms. The number of benzene rings is 1. The van der Waals surface area contributed by atoms with E-state index in [0.717, 1.165) is 0 Å². The zero-order valence-electron chi connectivity index (χ0n) is 18.9. The van der Waals surface area contributed by atoms with Crippen LogP contribution in [0.2, 0.25) is 0 Å². The fourth-order valence-corrected chi connectivity index (χ4v) is 3.57. The van der Waals surface area contributed by atoms with Crippen molar-refractivity contribution >= 4 is 48.1 Å². The van der Waals surface area contributed by atoms with E-state index in [0.29, 0.717) is 17.7 Å². The number of phenols is 1. The molecule has 34 heavy (non-hydrogen) atoms. The highest BCUT2D eigenvalue weighted by Gasteiger charge is 2.32. The largest absolute Gasteiger partial charge is 0.508 e. The van der Waals surface area contributed by atoms with Crippen molar-refractivity contribution in [3.8, 4) is 5.75 Å². The molecule has 5 atom stereocenters. The van der Waals surface area contributed by atoms with E-state index < -0.39 is 54.0 Å². The topological polar surface area (TPSA) is 191 Å². The number of nitrogens with two attached hydrogens (primary N) is 1. The quantitative estimate of drug-likeness (QED) is 0.141. The van der Waals surface area contributed by atoms with Crippen molar-refractivity contribution in [2.75, 3.05) is 17.8 Å². The third kappa shape index (κ3) is 9.79. The number of aliphatic carboxylic acids is 1. The number of carbonyl (C=O) groups excluding carboxylic acids is 3. The molecule has 0 bridgehead atoms. The minimum atomic E-state index is -1.49. The summed E-state index contributed by atoms with van der Waals surface area (Å²) in [5.74, 6) is -3.12. The van der Waals surface area contributed by atoms with Gasteiger partial charge >= 0.3 is 5.97 Å². The Kier molecular flexibility index (Phi) is 12.8. The van der Waals surface area contributed by atoms with Gasteiger partial charge < -0.3 is 37.0 Å². The first-order valence-electron chi connectivity index (χ1n) is 10.4. The predicted molar refractivity (Wildman–Crippen MR) is 132 cm³/mol. The van der Waals surface area contributed by atoms with Crippen LogP contribution in [0.5, 0.6) is 5.75 Å². The molecule has 0 fully saturated rings. The first-order valence-corrected chi connectivity index (χ1v) is 12.5. The molecule has 8 N–H and O–H groups in total. The minimum Gasteiger partial charge on any atom is -0.508 e. The first-order chi connectivity index (χ1) is 16.0. The molecule has 5 unspecified atom stereocenters. The minimum absolute atomic E-state index is 0.00956. The van der Waals surface area contributed by atoms with Gasteiger partial charge in [-0.2, -0.15) is 24.4 Å². The fraction of sp³-hybridized carbons (Fsp3) is 0.524. The second-order valence-electron chi connectivity index (χ2n) is 7.63. The van der Waals surface area contributed by atoms with Gasteiger partial charge in [-0.25, -0.2) is 4.79 Å². The Hall–Kier alpha value is -2.48. The molecule has 0 heterocycles. The first kappa shape index (κ1) is 29.6. The Labute approximate surface area is 207 Å². The van der Waals surface area contributed by atoms with Crippen LogP contribution < -0.4 is 21.7 Å². The predicted octanol–water partition coefficient (Wildman–Crippen LogP) is -1.14. The van der Waals surface area contributed by atoms with Gasteiger partial charge in [-0.15, -0.1) is 0 Å². The number of carboxylic acid groups (broad SMARTS) is 1. The van der Waals surface area contributed by atoms with Gasteiger partial charge in [-0.1, -0.05) is 12.1 Å². The van der Waals surface area contributed by atoms with Crippen LogP contribution in [0.3, 0.4) is 0 Å². The molecule has 0 saturated carbocycles. The summed E-state index contributed by atoms with van der Waals surface area (Å²) in [7, 11) is 0. The fourth-order valence-electron chi connectivity index (χ4n) is 2.84. The number of rotatable bonds is 14. The summed E-state index contributed by atoms with van der Waals surface area (Å²) in [4.78, 5) is 49.3. The molecule has 13 heteroatoms. The molecule has 3 amide bonds. The van der Waals surface area contributed by atoms with Crippen molar-refractivity contribution < 1.29 is 34.5 Å². The van der Waals surface area contributed by atoms with Crippen LogP contribution in [-0.2, 0) is 25.6 Å². The number of phenolic OH excluding ortho intramolecular Hbond substituents is 1. The number of aromatic hydroxyl groups is 1. The van der Waals surface area contributed by atoms with E-state index in [-0.39, 0.29) is 17.9 Å². The number of hydrogen-bond acceptors (Lipinski definition) is 9. The number of thiol groups is 1. The second-order valence-corrected chi connectivity index (χ2v) is 8.98. The van der Waals surface area contributed by atoms with Crippen LogP contribution in [0, 0.1) is 0 Å². The molecule has 11 nitrogen and oxygen atoms in total. The highest BCUT2D eigenvalue weighted by molar-refractivity contribution is 7.98. The average molecular weight is 517 g/mol. The third-order valence-electron chi connectivity index (χ3n) is 4.84. The van der Waals surface area contributed by atoms with Crippen molar-refractivity contribution in [3.63, 3.8) is 0 Å². The molecular weight excluding hydrogens is 484 g/mol. The molecule has 0 saturated heterocycles. The van der Waals surface area contributed by atoms with Crippen LogP contribution >= 0.6 is 24.4 Å². The number of carbonyl (C=O) groups is 4. The lowest BCUT2D eigenvalue weighted by Gasteiger charge is -2.26. The lowest BCUT2D eigenvalue weighted by Crippen LogP contribution is -2.60. The van der Waals surface area contributed by atoms with Crippen molar-refractivity contribution in [3.05, 3.63) is 29.8 Å². The number of nitrogens with one attached hydrogen (secondary N) is 3. The van der Waals surface area contributed by atoms with Crippen molar-refractivity contribution in [1.29, 1.82) is 0 Å². The third-order valence-corrected chi connectivity index (χ3v) is 5.85. The standard InChI is InChI=1S/C21H32N4O7S2/c1-11(26)17(20(30)24-16(10-33)21(31)32)25-19(29)15(9-12-3-5-13(27)6-4-12)23-18(28)14(22)7-8-34-2/h3-6,11,14-17,26-27,33H,7-10,22H2,1-2H3,(H,23,28)(H,24,30)(H,25,29)(H,31,32). The van der Waals surface area contributed by atoms with E-state index in [1.165, 1.54) is 30.8 Å². The van der Waals surface area contributed by atoms with Gasteiger partial charge in [0.25, 0.3) is 0 Å². The molecule has 0 aliphatic heterocycles. The van der Waals surface area contributed by atoms with Crippen LogP contribution in [0.4, 0.5) is 0 Å². The highest BCUT2D eigenvalue weighted by atomic mass is 32.2. The number of carboxylic acids is 1. The number of aliphatic hydroxyl groups is 1. The summed E-state index contributed by atoms with van der Waals surface area (Å²) < 4.78 is 0. The number of thioether (sulfide) groups is 1. The van der Waals surface area contributed by atoms with Gasteiger partial charge in [-0.3, -0.25) is 14.4 Å². The van der Waals surface area contributed by atoms with Gasteiger partial charge in [0.1, 0.15) is 23.9 Å². The van der Waals surface area contributed by atoms with Gasteiger partial charge in [0.05, 0.1) is 12.1 Å². The Bertz CT molecular complexity index is 839. The Morgan fingerprint density at radius 2 is 1.62 bits per heavy atom. The Morgan fingerprint density at radius 3 is 2.12 bits per heavy atom. The summed E-state index contributed by atoms with van der Waals surface area (Å²) in [6.45, 7) is 1.26. The van der Waals surface area contributed by atoms with Crippen LogP contribution in [-0.4, -0.2) is 87.0 Å². The Morgan fingerprint density at radius 1 is 1.03 bits per heavy atom. The zero-order chi connectivity index (χ0) is 25.8. The van der Waals surface area contributed by atoms with E-state index in [1.807, 2.05) is 6.26 Å². The molecule has 0 radical (unpaired) electrons. The smallest absolute Gasteiger partial charge is 0.327 e. The monoisotopic (exact) mass is 516 g/mol.